The number of hydrogen-bond donors (Lipinski definition) is 0. The van der Waals surface area contributed by atoms with E-state index in [0.717, 1.165) is 16.8 Å². The van der Waals surface area contributed by atoms with Gasteiger partial charge in [-0.25, -0.2) is 4.98 Å². The molecule has 0 bridgehead atoms. The topological polar surface area (TPSA) is 35.0 Å². The molecule has 1 aromatic rings. The molecule has 14 heavy (non-hydrogen) atoms. The summed E-state index contributed by atoms with van der Waals surface area (Å²) in [4.78, 5) is 7.80. The van der Waals surface area contributed by atoms with Crippen LogP contribution in [0.5, 0.6) is 5.88 Å². The van der Waals surface area contributed by atoms with Gasteiger partial charge in [0.1, 0.15) is 0 Å². The van der Waals surface area contributed by atoms with Gasteiger partial charge in [0, 0.05) is 6.20 Å². The molecule has 0 amide bonds. The maximum atomic E-state index is 5.65. The van der Waals surface area contributed by atoms with E-state index in [4.69, 9.17) is 16.3 Å². The first kappa shape index (κ1) is 10.2. The second kappa shape index (κ2) is 4.45. The molecule has 0 aliphatic heterocycles. The van der Waals surface area contributed by atoms with E-state index in [2.05, 4.69) is 25.9 Å². The largest absolute Gasteiger partial charge is 0.477 e. The van der Waals surface area contributed by atoms with Gasteiger partial charge in [-0.2, -0.15) is 4.98 Å². The lowest BCUT2D eigenvalue weighted by Gasteiger charge is -2.05. The van der Waals surface area contributed by atoms with Gasteiger partial charge in [0.25, 0.3) is 0 Å². The second-order valence-corrected chi connectivity index (χ2v) is 4.57. The van der Waals surface area contributed by atoms with Crippen LogP contribution in [-0.2, 0) is 0 Å². The van der Waals surface area contributed by atoms with Gasteiger partial charge >= 0.3 is 0 Å². The molecule has 1 aliphatic carbocycles. The summed E-state index contributed by atoms with van der Waals surface area (Å²) in [6, 6.07) is 0. The highest BCUT2D eigenvalue weighted by Gasteiger charge is 2.21. The molecule has 1 aliphatic rings. The highest BCUT2D eigenvalue weighted by Crippen LogP contribution is 2.32. The Morgan fingerprint density at radius 3 is 3.07 bits per heavy atom. The lowest BCUT2D eigenvalue weighted by Crippen LogP contribution is -2.01. The minimum atomic E-state index is 0.217. The van der Waals surface area contributed by atoms with Gasteiger partial charge < -0.3 is 4.74 Å². The molecule has 0 spiro atoms. The maximum Gasteiger partial charge on any atom is 0.232 e. The van der Waals surface area contributed by atoms with E-state index in [-0.39, 0.29) is 5.28 Å². The smallest absolute Gasteiger partial charge is 0.232 e. The van der Waals surface area contributed by atoms with Gasteiger partial charge in [-0.05, 0) is 39.9 Å². The van der Waals surface area contributed by atoms with E-state index < -0.39 is 0 Å². The van der Waals surface area contributed by atoms with Crippen LogP contribution in [-0.4, -0.2) is 16.6 Å². The Balaban J connectivity index is 1.89. The number of nitrogens with zero attached hydrogens (tertiary/aromatic N) is 2. The molecule has 0 N–H and O–H groups in total. The first-order chi connectivity index (χ1) is 6.75. The van der Waals surface area contributed by atoms with Gasteiger partial charge in [-0.15, -0.1) is 0 Å². The summed E-state index contributed by atoms with van der Waals surface area (Å²) in [5.74, 6) is 1.40. The third-order valence-corrected chi connectivity index (χ3v) is 2.87. The van der Waals surface area contributed by atoms with Gasteiger partial charge in [-0.1, -0.05) is 12.8 Å². The van der Waals surface area contributed by atoms with Crippen LogP contribution in [0.3, 0.4) is 0 Å². The van der Waals surface area contributed by atoms with Crippen LogP contribution < -0.4 is 4.74 Å². The summed E-state index contributed by atoms with van der Waals surface area (Å²) in [5, 5.41) is 0.217. The van der Waals surface area contributed by atoms with Crippen molar-refractivity contribution in [1.29, 1.82) is 0 Å². The van der Waals surface area contributed by atoms with Crippen molar-refractivity contribution >= 4 is 27.5 Å². The molecule has 5 heteroatoms. The van der Waals surface area contributed by atoms with Crippen LogP contribution in [0.25, 0.3) is 0 Å². The molecule has 0 radical (unpaired) electrons. The van der Waals surface area contributed by atoms with E-state index in [9.17, 15) is 0 Å². The standard InChI is InChI=1S/C9H10BrClN2O/c10-7-5-12-9(11)13-8(7)14-4-3-6-1-2-6/h5-6H,1-4H2. The SMILES string of the molecule is Clc1ncc(Br)c(OCCC2CC2)n1. The molecule has 2 rings (SSSR count). The molecule has 3 nitrogen and oxygen atoms in total. The van der Waals surface area contributed by atoms with Crippen LogP contribution >= 0.6 is 27.5 Å². The van der Waals surface area contributed by atoms with E-state index in [1.54, 1.807) is 6.20 Å². The zero-order chi connectivity index (χ0) is 9.97. The summed E-state index contributed by atoms with van der Waals surface area (Å²) in [5.41, 5.74) is 0. The predicted molar refractivity (Wildman–Crippen MR) is 57.6 cm³/mol. The minimum Gasteiger partial charge on any atom is -0.477 e. The molecule has 0 saturated heterocycles. The molecule has 1 fully saturated rings. The third kappa shape index (κ3) is 2.82. The Morgan fingerprint density at radius 1 is 1.57 bits per heavy atom. The Bertz CT molecular complexity index is 331. The van der Waals surface area contributed by atoms with Crippen molar-refractivity contribution in [3.63, 3.8) is 0 Å². The van der Waals surface area contributed by atoms with Crippen molar-refractivity contribution in [2.75, 3.05) is 6.61 Å². The van der Waals surface area contributed by atoms with Crippen molar-refractivity contribution < 1.29 is 4.74 Å². The van der Waals surface area contributed by atoms with E-state index in [1.165, 1.54) is 12.8 Å². The maximum absolute atomic E-state index is 5.65. The Kier molecular flexibility index (Phi) is 3.23. The number of halogens is 2. The fourth-order valence-corrected chi connectivity index (χ4v) is 1.59. The monoisotopic (exact) mass is 276 g/mol. The minimum absolute atomic E-state index is 0.217. The van der Waals surface area contributed by atoms with E-state index in [0.29, 0.717) is 12.5 Å². The first-order valence-electron chi connectivity index (χ1n) is 4.56. The number of hydrogen-bond acceptors (Lipinski definition) is 3. The average Bonchev–Trinajstić information content (AvgIpc) is 2.95. The van der Waals surface area contributed by atoms with Crippen LogP contribution in [0.1, 0.15) is 19.3 Å². The number of aromatic nitrogens is 2. The highest BCUT2D eigenvalue weighted by atomic mass is 79.9. The lowest BCUT2D eigenvalue weighted by atomic mass is 10.3. The molecular weight excluding hydrogens is 267 g/mol. The molecule has 1 heterocycles. The summed E-state index contributed by atoms with van der Waals surface area (Å²) in [7, 11) is 0. The number of ether oxygens (including phenoxy) is 1. The van der Waals surface area contributed by atoms with Crippen molar-refractivity contribution in [1.82, 2.24) is 9.97 Å². The molecule has 0 unspecified atom stereocenters. The number of rotatable bonds is 4. The van der Waals surface area contributed by atoms with Crippen molar-refractivity contribution in [3.05, 3.63) is 16.0 Å². The molecule has 1 saturated carbocycles. The van der Waals surface area contributed by atoms with Crippen LogP contribution in [0.4, 0.5) is 0 Å². The zero-order valence-electron chi connectivity index (χ0n) is 7.54. The van der Waals surface area contributed by atoms with E-state index >= 15 is 0 Å². The summed E-state index contributed by atoms with van der Waals surface area (Å²) in [6.07, 6.45) is 5.39. The molecular formula is C9H10BrClN2O. The van der Waals surface area contributed by atoms with Crippen LogP contribution in [0, 0.1) is 5.92 Å². The van der Waals surface area contributed by atoms with Gasteiger partial charge in [-0.3, -0.25) is 0 Å². The van der Waals surface area contributed by atoms with Crippen molar-refractivity contribution in [3.8, 4) is 5.88 Å². The average molecular weight is 278 g/mol. The molecule has 0 atom stereocenters. The molecule has 1 aromatic heterocycles. The van der Waals surface area contributed by atoms with Crippen LogP contribution in [0.2, 0.25) is 5.28 Å². The Hall–Kier alpha value is -0.350. The Labute approximate surface area is 96.0 Å². The summed E-state index contributed by atoms with van der Waals surface area (Å²) in [6.45, 7) is 0.705. The van der Waals surface area contributed by atoms with Crippen molar-refractivity contribution in [2.24, 2.45) is 5.92 Å². The zero-order valence-corrected chi connectivity index (χ0v) is 9.88. The molecule has 76 valence electrons. The quantitative estimate of drug-likeness (QED) is 0.793. The Morgan fingerprint density at radius 2 is 2.36 bits per heavy atom. The summed E-state index contributed by atoms with van der Waals surface area (Å²) >= 11 is 8.95. The molecule has 0 aromatic carbocycles. The predicted octanol–water partition coefficient (Wildman–Crippen LogP) is 3.07. The fraction of sp³-hybridized carbons (Fsp3) is 0.556. The van der Waals surface area contributed by atoms with Gasteiger partial charge in [0.05, 0.1) is 11.1 Å². The van der Waals surface area contributed by atoms with Crippen molar-refractivity contribution in [2.45, 2.75) is 19.3 Å². The summed E-state index contributed by atoms with van der Waals surface area (Å²) < 4.78 is 6.23. The first-order valence-corrected chi connectivity index (χ1v) is 5.73. The lowest BCUT2D eigenvalue weighted by molar-refractivity contribution is 0.289. The van der Waals surface area contributed by atoms with Gasteiger partial charge in [0.15, 0.2) is 0 Å². The van der Waals surface area contributed by atoms with Crippen LogP contribution in [0.15, 0.2) is 10.7 Å². The van der Waals surface area contributed by atoms with Gasteiger partial charge in [0.2, 0.25) is 11.2 Å². The third-order valence-electron chi connectivity index (χ3n) is 2.14. The van der Waals surface area contributed by atoms with E-state index in [1.807, 2.05) is 0 Å². The normalized spacial score (nSPS) is 15.6. The highest BCUT2D eigenvalue weighted by molar-refractivity contribution is 9.10. The fourth-order valence-electron chi connectivity index (χ4n) is 1.16. The second-order valence-electron chi connectivity index (χ2n) is 3.37.